The maximum absolute atomic E-state index is 11.1. The minimum Gasteiger partial charge on any atom is -0.378 e. The molecule has 1 aliphatic rings. The number of anilines is 1. The fourth-order valence-corrected chi connectivity index (χ4v) is 2.74. The average molecular weight is 312 g/mol. The average Bonchev–Trinajstić information content (AvgIpc) is 2.40. The Morgan fingerprint density at radius 1 is 1.44 bits per heavy atom. The molecular formula is C14H18BrNO2. The fourth-order valence-electron chi connectivity index (χ4n) is 2.39. The van der Waals surface area contributed by atoms with Crippen LogP contribution in [0, 0.1) is 0 Å². The normalized spacial score (nSPS) is 16.9. The first-order valence-electron chi connectivity index (χ1n) is 6.36. The number of rotatable bonds is 4. The zero-order valence-electron chi connectivity index (χ0n) is 10.6. The maximum Gasteiger partial charge on any atom is 0.152 e. The summed E-state index contributed by atoms with van der Waals surface area (Å²) in [6.07, 6.45) is 3.35. The topological polar surface area (TPSA) is 29.5 Å². The lowest BCUT2D eigenvalue weighted by molar-refractivity contribution is 0.0459. The summed E-state index contributed by atoms with van der Waals surface area (Å²) < 4.78 is 6.65. The minimum absolute atomic E-state index is 0.373. The molecule has 0 unspecified atom stereocenters. The highest BCUT2D eigenvalue weighted by Crippen LogP contribution is 2.27. The lowest BCUT2D eigenvalue weighted by Crippen LogP contribution is -2.37. The number of carbonyl (C=O) groups excluding carboxylic acids is 1. The van der Waals surface area contributed by atoms with Crippen LogP contribution in [0.1, 0.15) is 30.1 Å². The van der Waals surface area contributed by atoms with E-state index in [1.54, 1.807) is 0 Å². The molecule has 0 N–H and O–H groups in total. The predicted molar refractivity (Wildman–Crippen MR) is 76.4 cm³/mol. The lowest BCUT2D eigenvalue weighted by Gasteiger charge is -2.34. The van der Waals surface area contributed by atoms with Crippen LogP contribution in [0.5, 0.6) is 0 Å². The second-order valence-electron chi connectivity index (χ2n) is 4.46. The molecular weight excluding hydrogens is 294 g/mol. The first-order valence-corrected chi connectivity index (χ1v) is 7.15. The number of benzene rings is 1. The van der Waals surface area contributed by atoms with Crippen molar-refractivity contribution in [1.29, 1.82) is 0 Å². The van der Waals surface area contributed by atoms with E-state index in [1.165, 1.54) is 0 Å². The third kappa shape index (κ3) is 3.12. The number of ether oxygens (including phenoxy) is 1. The van der Waals surface area contributed by atoms with Crippen molar-refractivity contribution in [3.05, 3.63) is 28.2 Å². The number of hydrogen-bond donors (Lipinski definition) is 0. The van der Waals surface area contributed by atoms with Crippen LogP contribution in [0.4, 0.5) is 5.69 Å². The highest BCUT2D eigenvalue weighted by molar-refractivity contribution is 9.10. The molecule has 18 heavy (non-hydrogen) atoms. The van der Waals surface area contributed by atoms with Crippen molar-refractivity contribution >= 4 is 27.9 Å². The van der Waals surface area contributed by atoms with Gasteiger partial charge in [0.2, 0.25) is 0 Å². The van der Waals surface area contributed by atoms with Crippen molar-refractivity contribution in [2.45, 2.75) is 25.9 Å². The van der Waals surface area contributed by atoms with Gasteiger partial charge >= 0.3 is 0 Å². The zero-order valence-corrected chi connectivity index (χ0v) is 12.1. The van der Waals surface area contributed by atoms with Crippen LogP contribution < -0.4 is 4.90 Å². The Labute approximate surface area is 116 Å². The van der Waals surface area contributed by atoms with Gasteiger partial charge in [0, 0.05) is 35.4 Å². The smallest absolute Gasteiger partial charge is 0.152 e. The maximum atomic E-state index is 11.1. The van der Waals surface area contributed by atoms with E-state index < -0.39 is 0 Å². The van der Waals surface area contributed by atoms with Gasteiger partial charge in [0.15, 0.2) is 6.29 Å². The van der Waals surface area contributed by atoms with E-state index >= 15 is 0 Å². The van der Waals surface area contributed by atoms with Crippen LogP contribution in [0.25, 0.3) is 0 Å². The molecule has 2 rings (SSSR count). The summed E-state index contributed by atoms with van der Waals surface area (Å²) in [5.41, 5.74) is 1.78. The quantitative estimate of drug-likeness (QED) is 0.799. The van der Waals surface area contributed by atoms with Crippen LogP contribution in [0.2, 0.25) is 0 Å². The summed E-state index contributed by atoms with van der Waals surface area (Å²) >= 11 is 3.46. The van der Waals surface area contributed by atoms with Crippen molar-refractivity contribution in [3.8, 4) is 0 Å². The van der Waals surface area contributed by atoms with Gasteiger partial charge in [-0.3, -0.25) is 4.79 Å². The number of halogens is 1. The molecule has 1 fully saturated rings. The van der Waals surface area contributed by atoms with Crippen molar-refractivity contribution < 1.29 is 9.53 Å². The summed E-state index contributed by atoms with van der Waals surface area (Å²) in [7, 11) is 0. The molecule has 0 atom stereocenters. The molecule has 3 nitrogen and oxygen atoms in total. The second-order valence-corrected chi connectivity index (χ2v) is 5.38. The Hall–Kier alpha value is -0.870. The fraction of sp³-hybridized carbons (Fsp3) is 0.500. The molecule has 1 aromatic carbocycles. The first kappa shape index (κ1) is 13.6. The number of piperidine rings is 1. The van der Waals surface area contributed by atoms with Gasteiger partial charge in [-0.2, -0.15) is 0 Å². The summed E-state index contributed by atoms with van der Waals surface area (Å²) in [5.74, 6) is 0. The van der Waals surface area contributed by atoms with Gasteiger partial charge in [0.05, 0.1) is 6.10 Å². The molecule has 0 saturated carbocycles. The van der Waals surface area contributed by atoms with E-state index in [2.05, 4.69) is 20.8 Å². The van der Waals surface area contributed by atoms with Crippen molar-refractivity contribution in [2.75, 3.05) is 24.6 Å². The lowest BCUT2D eigenvalue weighted by atomic mass is 10.1. The summed E-state index contributed by atoms with van der Waals surface area (Å²) in [5, 5.41) is 0. The molecule has 0 aliphatic carbocycles. The molecule has 4 heteroatoms. The zero-order chi connectivity index (χ0) is 13.0. The van der Waals surface area contributed by atoms with Gasteiger partial charge < -0.3 is 9.64 Å². The number of aldehydes is 1. The van der Waals surface area contributed by atoms with Crippen LogP contribution in [-0.4, -0.2) is 32.1 Å². The molecule has 1 heterocycles. The van der Waals surface area contributed by atoms with E-state index in [1.807, 2.05) is 25.1 Å². The summed E-state index contributed by atoms with van der Waals surface area (Å²) in [6, 6.07) is 5.78. The highest BCUT2D eigenvalue weighted by atomic mass is 79.9. The number of nitrogens with zero attached hydrogens (tertiary/aromatic N) is 1. The molecule has 0 amide bonds. The van der Waals surface area contributed by atoms with Gasteiger partial charge in [-0.25, -0.2) is 0 Å². The van der Waals surface area contributed by atoms with Gasteiger partial charge in [-0.1, -0.05) is 15.9 Å². The molecule has 1 aliphatic heterocycles. The van der Waals surface area contributed by atoms with E-state index in [0.29, 0.717) is 6.10 Å². The molecule has 0 radical (unpaired) electrons. The van der Waals surface area contributed by atoms with Crippen LogP contribution >= 0.6 is 15.9 Å². The van der Waals surface area contributed by atoms with Gasteiger partial charge in [-0.15, -0.1) is 0 Å². The van der Waals surface area contributed by atoms with Crippen LogP contribution in [-0.2, 0) is 4.74 Å². The molecule has 1 saturated heterocycles. The third-order valence-electron chi connectivity index (χ3n) is 3.30. The van der Waals surface area contributed by atoms with Gasteiger partial charge in [0.25, 0.3) is 0 Å². The largest absolute Gasteiger partial charge is 0.378 e. The third-order valence-corrected chi connectivity index (χ3v) is 3.80. The van der Waals surface area contributed by atoms with Crippen LogP contribution in [0.3, 0.4) is 0 Å². The molecule has 0 aromatic heterocycles. The van der Waals surface area contributed by atoms with Gasteiger partial charge in [-0.05, 0) is 38.0 Å². The molecule has 0 bridgehead atoms. The minimum atomic E-state index is 0.373. The SMILES string of the molecule is CCOC1CCN(c2cc(Br)ccc2C=O)CC1. The van der Waals surface area contributed by atoms with E-state index in [0.717, 1.165) is 54.5 Å². The van der Waals surface area contributed by atoms with E-state index in [4.69, 9.17) is 4.74 Å². The Bertz CT molecular complexity index is 414. The van der Waals surface area contributed by atoms with Gasteiger partial charge in [0.1, 0.15) is 0 Å². The second kappa shape index (κ2) is 6.34. The molecule has 0 spiro atoms. The number of carbonyl (C=O) groups is 1. The van der Waals surface area contributed by atoms with E-state index in [-0.39, 0.29) is 0 Å². The van der Waals surface area contributed by atoms with E-state index in [9.17, 15) is 4.79 Å². The summed E-state index contributed by atoms with van der Waals surface area (Å²) in [4.78, 5) is 13.3. The summed E-state index contributed by atoms with van der Waals surface area (Å²) in [6.45, 7) is 4.70. The van der Waals surface area contributed by atoms with Crippen molar-refractivity contribution in [1.82, 2.24) is 0 Å². The van der Waals surface area contributed by atoms with Crippen LogP contribution in [0.15, 0.2) is 22.7 Å². The monoisotopic (exact) mass is 311 g/mol. The predicted octanol–water partition coefficient (Wildman–Crippen LogP) is 3.27. The highest BCUT2D eigenvalue weighted by Gasteiger charge is 2.21. The molecule has 1 aromatic rings. The Morgan fingerprint density at radius 2 is 2.17 bits per heavy atom. The Balaban J connectivity index is 2.09. The standard InChI is InChI=1S/C14H18BrNO2/c1-2-18-13-5-7-16(8-6-13)14-9-12(15)4-3-11(14)10-17/h3-4,9-10,13H,2,5-8H2,1H3. The Kier molecular flexibility index (Phi) is 4.78. The van der Waals surface area contributed by atoms with Crippen molar-refractivity contribution in [3.63, 3.8) is 0 Å². The number of hydrogen-bond acceptors (Lipinski definition) is 3. The first-order chi connectivity index (χ1) is 8.74. The molecule has 98 valence electrons. The Morgan fingerprint density at radius 3 is 2.78 bits per heavy atom. The van der Waals surface area contributed by atoms with Crippen molar-refractivity contribution in [2.24, 2.45) is 0 Å².